The molecule has 0 saturated carbocycles. The third-order valence-electron chi connectivity index (χ3n) is 3.52. The molecule has 4 nitrogen and oxygen atoms in total. The Morgan fingerprint density at radius 2 is 2.26 bits per heavy atom. The molecular formula is C14H20BrN3O. The first-order valence-corrected chi connectivity index (χ1v) is 7.31. The molecule has 1 fully saturated rings. The summed E-state index contributed by atoms with van der Waals surface area (Å²) in [5, 5.41) is 0. The smallest absolute Gasteiger partial charge is 0.320 e. The number of carbonyl (C=O) groups excluding carboxylic acids is 1. The monoisotopic (exact) mass is 325 g/mol. The van der Waals surface area contributed by atoms with Crippen LogP contribution in [0.5, 0.6) is 0 Å². The molecule has 0 aromatic heterocycles. The standard InChI is InChI=1S/C14H20BrN3O/c1-10(16)6-7-18-9-13(17(2)14(18)19)11-4-3-5-12(15)8-11/h3-5,8,10,13H,6-7,9,16H2,1-2H3. The van der Waals surface area contributed by atoms with Crippen molar-refractivity contribution in [2.75, 3.05) is 20.1 Å². The Kier molecular flexibility index (Phi) is 4.47. The molecule has 1 saturated heterocycles. The van der Waals surface area contributed by atoms with Crippen LogP contribution in [0.2, 0.25) is 0 Å². The molecule has 1 aliphatic rings. The Morgan fingerprint density at radius 3 is 2.89 bits per heavy atom. The van der Waals surface area contributed by atoms with Crippen molar-refractivity contribution in [2.24, 2.45) is 5.73 Å². The number of hydrogen-bond donors (Lipinski definition) is 1. The third-order valence-corrected chi connectivity index (χ3v) is 4.01. The van der Waals surface area contributed by atoms with Gasteiger partial charge in [-0.3, -0.25) is 0 Å². The Hall–Kier alpha value is -1.07. The zero-order chi connectivity index (χ0) is 14.0. The molecule has 1 aliphatic heterocycles. The number of nitrogens with zero attached hydrogens (tertiary/aromatic N) is 2. The van der Waals surface area contributed by atoms with Gasteiger partial charge in [0.25, 0.3) is 0 Å². The largest absolute Gasteiger partial charge is 0.328 e. The number of benzene rings is 1. The lowest BCUT2D eigenvalue weighted by molar-refractivity contribution is 0.194. The second-order valence-corrected chi connectivity index (χ2v) is 6.09. The summed E-state index contributed by atoms with van der Waals surface area (Å²) in [6.45, 7) is 3.43. The van der Waals surface area contributed by atoms with Crippen LogP contribution in [0.15, 0.2) is 28.7 Å². The fraction of sp³-hybridized carbons (Fsp3) is 0.500. The van der Waals surface area contributed by atoms with Crippen LogP contribution in [0, 0.1) is 0 Å². The van der Waals surface area contributed by atoms with Crippen LogP contribution in [0.25, 0.3) is 0 Å². The maximum atomic E-state index is 12.2. The predicted molar refractivity (Wildman–Crippen MR) is 79.9 cm³/mol. The average Bonchev–Trinajstić information content (AvgIpc) is 2.64. The predicted octanol–water partition coefficient (Wildman–Crippen LogP) is 2.59. The fourth-order valence-electron chi connectivity index (χ4n) is 2.35. The van der Waals surface area contributed by atoms with E-state index in [0.29, 0.717) is 0 Å². The first kappa shape index (κ1) is 14.3. The van der Waals surface area contributed by atoms with Gasteiger partial charge in [0.1, 0.15) is 0 Å². The second kappa shape index (κ2) is 5.92. The number of carbonyl (C=O) groups is 1. The van der Waals surface area contributed by atoms with Gasteiger partial charge in [-0.2, -0.15) is 0 Å². The highest BCUT2D eigenvalue weighted by molar-refractivity contribution is 9.10. The van der Waals surface area contributed by atoms with Crippen LogP contribution in [-0.2, 0) is 0 Å². The third kappa shape index (κ3) is 3.28. The molecule has 2 unspecified atom stereocenters. The minimum absolute atomic E-state index is 0.0885. The molecule has 1 aromatic carbocycles. The molecule has 0 radical (unpaired) electrons. The van der Waals surface area contributed by atoms with Gasteiger partial charge in [-0.05, 0) is 31.0 Å². The number of halogens is 1. The highest BCUT2D eigenvalue weighted by Gasteiger charge is 2.35. The van der Waals surface area contributed by atoms with Crippen LogP contribution < -0.4 is 5.73 Å². The molecular weight excluding hydrogens is 306 g/mol. The van der Waals surface area contributed by atoms with Crippen molar-refractivity contribution >= 4 is 22.0 Å². The van der Waals surface area contributed by atoms with Gasteiger partial charge in [0.2, 0.25) is 0 Å². The maximum absolute atomic E-state index is 12.2. The number of nitrogens with two attached hydrogens (primary N) is 1. The SMILES string of the molecule is CC(N)CCN1CC(c2cccc(Br)c2)N(C)C1=O. The van der Waals surface area contributed by atoms with Gasteiger partial charge in [0.05, 0.1) is 6.04 Å². The summed E-state index contributed by atoms with van der Waals surface area (Å²) in [6.07, 6.45) is 0.838. The highest BCUT2D eigenvalue weighted by atomic mass is 79.9. The molecule has 104 valence electrons. The Morgan fingerprint density at radius 1 is 1.53 bits per heavy atom. The van der Waals surface area contributed by atoms with Crippen LogP contribution in [0.1, 0.15) is 24.9 Å². The Bertz CT molecular complexity index is 464. The first-order valence-electron chi connectivity index (χ1n) is 6.52. The minimum Gasteiger partial charge on any atom is -0.328 e. The summed E-state index contributed by atoms with van der Waals surface area (Å²) < 4.78 is 1.04. The van der Waals surface area contributed by atoms with E-state index < -0.39 is 0 Å². The van der Waals surface area contributed by atoms with Crippen LogP contribution in [0.3, 0.4) is 0 Å². The van der Waals surface area contributed by atoms with Gasteiger partial charge >= 0.3 is 6.03 Å². The molecule has 2 atom stereocenters. The molecule has 0 bridgehead atoms. The van der Waals surface area contributed by atoms with Crippen LogP contribution in [0.4, 0.5) is 4.79 Å². The molecule has 0 spiro atoms. The van der Waals surface area contributed by atoms with E-state index in [1.165, 1.54) is 0 Å². The van der Waals surface area contributed by atoms with Crippen molar-refractivity contribution < 1.29 is 4.79 Å². The lowest BCUT2D eigenvalue weighted by Crippen LogP contribution is -2.32. The van der Waals surface area contributed by atoms with Crippen LogP contribution >= 0.6 is 15.9 Å². The van der Waals surface area contributed by atoms with Gasteiger partial charge in [0.15, 0.2) is 0 Å². The van der Waals surface area contributed by atoms with Gasteiger partial charge in [-0.15, -0.1) is 0 Å². The molecule has 2 N–H and O–H groups in total. The van der Waals surface area contributed by atoms with E-state index in [9.17, 15) is 4.79 Å². The summed E-state index contributed by atoms with van der Waals surface area (Å²) in [7, 11) is 1.86. The summed E-state index contributed by atoms with van der Waals surface area (Å²) in [5.74, 6) is 0. The fourth-order valence-corrected chi connectivity index (χ4v) is 2.77. The quantitative estimate of drug-likeness (QED) is 0.925. The molecule has 19 heavy (non-hydrogen) atoms. The zero-order valence-electron chi connectivity index (χ0n) is 11.3. The summed E-state index contributed by atoms with van der Waals surface area (Å²) >= 11 is 3.48. The maximum Gasteiger partial charge on any atom is 0.320 e. The number of urea groups is 1. The normalized spacial score (nSPS) is 21.1. The van der Waals surface area contributed by atoms with Crippen molar-refractivity contribution in [3.8, 4) is 0 Å². The molecule has 2 rings (SSSR count). The zero-order valence-corrected chi connectivity index (χ0v) is 12.9. The van der Waals surface area contributed by atoms with E-state index in [-0.39, 0.29) is 18.1 Å². The second-order valence-electron chi connectivity index (χ2n) is 5.18. The van der Waals surface area contributed by atoms with E-state index in [1.54, 1.807) is 0 Å². The summed E-state index contributed by atoms with van der Waals surface area (Å²) in [5.41, 5.74) is 6.92. The molecule has 0 aliphatic carbocycles. The van der Waals surface area contributed by atoms with Crippen LogP contribution in [-0.4, -0.2) is 42.0 Å². The van der Waals surface area contributed by atoms with E-state index in [4.69, 9.17) is 5.73 Å². The average molecular weight is 326 g/mol. The Balaban J connectivity index is 2.10. The van der Waals surface area contributed by atoms with Gasteiger partial charge in [0, 0.05) is 30.7 Å². The number of hydrogen-bond acceptors (Lipinski definition) is 2. The van der Waals surface area contributed by atoms with Crippen molar-refractivity contribution in [1.29, 1.82) is 0 Å². The van der Waals surface area contributed by atoms with E-state index in [2.05, 4.69) is 28.1 Å². The van der Waals surface area contributed by atoms with Crippen molar-refractivity contribution in [3.05, 3.63) is 34.3 Å². The number of likely N-dealkylation sites (N-methyl/N-ethyl adjacent to an activating group) is 1. The van der Waals surface area contributed by atoms with Gasteiger partial charge < -0.3 is 15.5 Å². The Labute approximate surface area is 122 Å². The first-order chi connectivity index (χ1) is 8.99. The topological polar surface area (TPSA) is 49.6 Å². The van der Waals surface area contributed by atoms with E-state index in [1.807, 2.05) is 35.9 Å². The number of amides is 2. The summed E-state index contributed by atoms with van der Waals surface area (Å²) in [4.78, 5) is 15.9. The molecule has 5 heteroatoms. The minimum atomic E-state index is 0.0885. The van der Waals surface area contributed by atoms with E-state index >= 15 is 0 Å². The van der Waals surface area contributed by atoms with E-state index in [0.717, 1.165) is 29.5 Å². The van der Waals surface area contributed by atoms with Crippen molar-refractivity contribution in [2.45, 2.75) is 25.4 Å². The van der Waals surface area contributed by atoms with Crippen molar-refractivity contribution in [3.63, 3.8) is 0 Å². The lowest BCUT2D eigenvalue weighted by atomic mass is 10.1. The number of rotatable bonds is 4. The lowest BCUT2D eigenvalue weighted by Gasteiger charge is -2.18. The summed E-state index contributed by atoms with van der Waals surface area (Å²) in [6, 6.07) is 8.47. The van der Waals surface area contributed by atoms with Gasteiger partial charge in [-0.1, -0.05) is 28.1 Å². The highest BCUT2D eigenvalue weighted by Crippen LogP contribution is 2.29. The molecule has 2 amide bonds. The molecule has 1 aromatic rings. The molecule has 1 heterocycles. The van der Waals surface area contributed by atoms with Gasteiger partial charge in [-0.25, -0.2) is 4.79 Å². The van der Waals surface area contributed by atoms with Crippen molar-refractivity contribution in [1.82, 2.24) is 9.80 Å².